The number of urea groups is 1. The van der Waals surface area contributed by atoms with E-state index < -0.39 is 0 Å². The minimum atomic E-state index is -0.387. The van der Waals surface area contributed by atoms with Gasteiger partial charge in [-0.05, 0) is 49.1 Å². The van der Waals surface area contributed by atoms with Crippen molar-refractivity contribution in [3.63, 3.8) is 0 Å². The van der Waals surface area contributed by atoms with Crippen LogP contribution in [0.25, 0.3) is 0 Å². The summed E-state index contributed by atoms with van der Waals surface area (Å²) in [6.07, 6.45) is 1.77. The van der Waals surface area contributed by atoms with E-state index in [1.54, 1.807) is 14.2 Å². The third-order valence-electron chi connectivity index (χ3n) is 7.85. The fourth-order valence-corrected chi connectivity index (χ4v) is 5.70. The largest absolute Gasteiger partial charge is 0.497 e. The van der Waals surface area contributed by atoms with Crippen LogP contribution in [0.3, 0.4) is 0 Å². The fourth-order valence-electron chi connectivity index (χ4n) is 5.70. The molecule has 3 atom stereocenters. The predicted octanol–water partition coefficient (Wildman–Crippen LogP) is 2.89. The van der Waals surface area contributed by atoms with Crippen LogP contribution < -0.4 is 19.7 Å². The van der Waals surface area contributed by atoms with E-state index in [1.807, 2.05) is 47.4 Å². The SMILES string of the molecule is COc1ccc(CN2C(=O)NC3CC(C(=O)N4CCN(c5cccc(OC)c5)CC4)CCC3C2=O)cc1. The minimum Gasteiger partial charge on any atom is -0.497 e. The third kappa shape index (κ3) is 5.21. The molecule has 9 heteroatoms. The molecule has 2 aromatic carbocycles. The molecule has 0 aromatic heterocycles. The molecule has 0 radical (unpaired) electrons. The Morgan fingerprint density at radius 2 is 1.68 bits per heavy atom. The number of imide groups is 1. The van der Waals surface area contributed by atoms with Crippen LogP contribution in [-0.2, 0) is 16.1 Å². The quantitative estimate of drug-likeness (QED) is 0.648. The molecule has 1 aliphatic carbocycles. The Bertz CT molecular complexity index is 1150. The van der Waals surface area contributed by atoms with Gasteiger partial charge < -0.3 is 24.6 Å². The molecule has 2 aromatic rings. The Kier molecular flexibility index (Phi) is 7.21. The van der Waals surface area contributed by atoms with Crippen LogP contribution in [0.1, 0.15) is 24.8 Å². The fraction of sp³-hybridized carbons (Fsp3) is 0.464. The molecule has 9 nitrogen and oxygen atoms in total. The van der Waals surface area contributed by atoms with Crippen molar-refractivity contribution in [3.8, 4) is 11.5 Å². The Morgan fingerprint density at radius 1 is 0.946 bits per heavy atom. The van der Waals surface area contributed by atoms with E-state index in [0.717, 1.165) is 35.8 Å². The summed E-state index contributed by atoms with van der Waals surface area (Å²) in [4.78, 5) is 44.9. The van der Waals surface area contributed by atoms with Gasteiger partial charge >= 0.3 is 6.03 Å². The van der Waals surface area contributed by atoms with Gasteiger partial charge in [-0.3, -0.25) is 14.5 Å². The molecule has 2 saturated heterocycles. The molecule has 3 aliphatic rings. The Labute approximate surface area is 217 Å². The number of fused-ring (bicyclic) bond motifs is 1. The first kappa shape index (κ1) is 24.9. The summed E-state index contributed by atoms with van der Waals surface area (Å²) in [7, 11) is 3.26. The van der Waals surface area contributed by atoms with Crippen LogP contribution in [0, 0.1) is 11.8 Å². The number of anilines is 1. The first-order valence-corrected chi connectivity index (χ1v) is 12.9. The summed E-state index contributed by atoms with van der Waals surface area (Å²) in [5, 5.41) is 3.02. The predicted molar refractivity (Wildman–Crippen MR) is 138 cm³/mol. The average Bonchev–Trinajstić information content (AvgIpc) is 2.95. The van der Waals surface area contributed by atoms with Crippen LogP contribution in [0.5, 0.6) is 11.5 Å². The van der Waals surface area contributed by atoms with Crippen LogP contribution in [0.15, 0.2) is 48.5 Å². The minimum absolute atomic E-state index is 0.131. The van der Waals surface area contributed by atoms with Gasteiger partial charge in [-0.15, -0.1) is 0 Å². The number of nitrogens with zero attached hydrogens (tertiary/aromatic N) is 3. The Morgan fingerprint density at radius 3 is 2.38 bits per heavy atom. The zero-order valence-corrected chi connectivity index (χ0v) is 21.4. The molecule has 4 amide bonds. The number of benzene rings is 2. The van der Waals surface area contributed by atoms with E-state index >= 15 is 0 Å². The van der Waals surface area contributed by atoms with Crippen molar-refractivity contribution in [2.45, 2.75) is 31.8 Å². The van der Waals surface area contributed by atoms with Crippen molar-refractivity contribution in [3.05, 3.63) is 54.1 Å². The van der Waals surface area contributed by atoms with Crippen LogP contribution >= 0.6 is 0 Å². The van der Waals surface area contributed by atoms with Crippen molar-refractivity contribution in [2.24, 2.45) is 11.8 Å². The van der Waals surface area contributed by atoms with Gasteiger partial charge in [0.1, 0.15) is 11.5 Å². The number of methoxy groups -OCH3 is 2. The number of hydrogen-bond acceptors (Lipinski definition) is 6. The second-order valence-electron chi connectivity index (χ2n) is 9.96. The molecule has 1 N–H and O–H groups in total. The van der Waals surface area contributed by atoms with Gasteiger partial charge in [0.05, 0.1) is 26.7 Å². The molecule has 0 spiro atoms. The first-order chi connectivity index (χ1) is 18.0. The van der Waals surface area contributed by atoms with Crippen molar-refractivity contribution in [1.82, 2.24) is 15.1 Å². The van der Waals surface area contributed by atoms with E-state index in [1.165, 1.54) is 4.90 Å². The zero-order valence-electron chi connectivity index (χ0n) is 21.4. The Hall–Kier alpha value is -3.75. The van der Waals surface area contributed by atoms with Gasteiger partial charge in [-0.2, -0.15) is 0 Å². The van der Waals surface area contributed by atoms with Crippen molar-refractivity contribution in [2.75, 3.05) is 45.3 Å². The number of piperazine rings is 1. The highest BCUT2D eigenvalue weighted by atomic mass is 16.5. The van der Waals surface area contributed by atoms with E-state index in [2.05, 4.69) is 16.3 Å². The third-order valence-corrected chi connectivity index (χ3v) is 7.85. The maximum Gasteiger partial charge on any atom is 0.324 e. The summed E-state index contributed by atoms with van der Waals surface area (Å²) in [6, 6.07) is 14.6. The van der Waals surface area contributed by atoms with E-state index in [-0.39, 0.29) is 42.3 Å². The molecule has 1 saturated carbocycles. The molecule has 3 fully saturated rings. The van der Waals surface area contributed by atoms with Gasteiger partial charge in [0.25, 0.3) is 0 Å². The van der Waals surface area contributed by atoms with Gasteiger partial charge in [0, 0.05) is 49.9 Å². The van der Waals surface area contributed by atoms with Crippen LogP contribution in [0.2, 0.25) is 0 Å². The molecule has 5 rings (SSSR count). The second kappa shape index (κ2) is 10.7. The van der Waals surface area contributed by atoms with Gasteiger partial charge in [0.2, 0.25) is 11.8 Å². The van der Waals surface area contributed by atoms with Crippen molar-refractivity contribution >= 4 is 23.5 Å². The molecule has 2 aliphatic heterocycles. The smallest absolute Gasteiger partial charge is 0.324 e. The normalized spacial score (nSPS) is 23.8. The van der Waals surface area contributed by atoms with Crippen molar-refractivity contribution < 1.29 is 23.9 Å². The highest BCUT2D eigenvalue weighted by Crippen LogP contribution is 2.35. The van der Waals surface area contributed by atoms with Gasteiger partial charge in [0.15, 0.2) is 0 Å². The molecule has 3 unspecified atom stereocenters. The number of hydrogen-bond donors (Lipinski definition) is 1. The van der Waals surface area contributed by atoms with Crippen molar-refractivity contribution in [1.29, 1.82) is 0 Å². The summed E-state index contributed by atoms with van der Waals surface area (Å²) in [6.45, 7) is 3.04. The number of nitrogens with one attached hydrogen (secondary N) is 1. The summed E-state index contributed by atoms with van der Waals surface area (Å²) >= 11 is 0. The number of rotatable bonds is 6. The standard InChI is InChI=1S/C28H34N4O5/c1-36-22-9-6-19(7-10-22)18-32-27(34)24-11-8-20(16-25(24)29-28(32)35)26(33)31-14-12-30(13-15-31)21-4-3-5-23(17-21)37-2/h3-7,9-10,17,20,24-25H,8,11-16,18H2,1-2H3,(H,29,35). The topological polar surface area (TPSA) is 91.4 Å². The lowest BCUT2D eigenvalue weighted by Crippen LogP contribution is -2.62. The van der Waals surface area contributed by atoms with Gasteiger partial charge in [-0.1, -0.05) is 18.2 Å². The Balaban J connectivity index is 1.16. The van der Waals surface area contributed by atoms with Gasteiger partial charge in [-0.25, -0.2) is 4.79 Å². The average molecular weight is 507 g/mol. The molecule has 37 heavy (non-hydrogen) atoms. The number of amides is 4. The lowest BCUT2D eigenvalue weighted by Gasteiger charge is -2.43. The second-order valence-corrected chi connectivity index (χ2v) is 9.96. The summed E-state index contributed by atoms with van der Waals surface area (Å²) in [5.41, 5.74) is 1.95. The molecule has 0 bridgehead atoms. The number of ether oxygens (including phenoxy) is 2. The highest BCUT2D eigenvalue weighted by molar-refractivity contribution is 5.99. The number of carbonyl (C=O) groups is 3. The molecular weight excluding hydrogens is 472 g/mol. The maximum absolute atomic E-state index is 13.4. The summed E-state index contributed by atoms with van der Waals surface area (Å²) in [5.74, 6) is 1.06. The maximum atomic E-state index is 13.4. The monoisotopic (exact) mass is 506 g/mol. The molecule has 2 heterocycles. The first-order valence-electron chi connectivity index (χ1n) is 12.9. The highest BCUT2D eigenvalue weighted by Gasteiger charge is 2.46. The lowest BCUT2D eigenvalue weighted by atomic mass is 9.76. The van der Waals surface area contributed by atoms with E-state index in [9.17, 15) is 14.4 Å². The lowest BCUT2D eigenvalue weighted by molar-refractivity contribution is -0.143. The molecular formula is C28H34N4O5. The number of carbonyl (C=O) groups excluding carboxylic acids is 3. The molecule has 196 valence electrons. The van der Waals surface area contributed by atoms with Crippen LogP contribution in [0.4, 0.5) is 10.5 Å². The summed E-state index contributed by atoms with van der Waals surface area (Å²) < 4.78 is 10.5. The van der Waals surface area contributed by atoms with Crippen LogP contribution in [-0.4, -0.2) is 74.1 Å². The van der Waals surface area contributed by atoms with E-state index in [0.29, 0.717) is 32.4 Å². The van der Waals surface area contributed by atoms with E-state index in [4.69, 9.17) is 9.47 Å². The zero-order chi connectivity index (χ0) is 25.9.